The number of pyridine rings is 2. The third kappa shape index (κ3) is 3.73. The summed E-state index contributed by atoms with van der Waals surface area (Å²) in [6.07, 6.45) is 5.62. The number of carbonyl (C=O) groups is 1. The van der Waals surface area contributed by atoms with Gasteiger partial charge in [0.1, 0.15) is 17.1 Å². The summed E-state index contributed by atoms with van der Waals surface area (Å²) in [6, 6.07) is 16.2. The van der Waals surface area contributed by atoms with Crippen LogP contribution in [0.15, 0.2) is 60.9 Å². The Bertz CT molecular complexity index is 1290. The molecule has 6 nitrogen and oxygen atoms in total. The fourth-order valence-corrected chi connectivity index (χ4v) is 4.47. The second kappa shape index (κ2) is 8.11. The lowest BCUT2D eigenvalue weighted by Crippen LogP contribution is -2.31. The van der Waals surface area contributed by atoms with E-state index in [0.717, 1.165) is 52.3 Å². The van der Waals surface area contributed by atoms with Gasteiger partial charge in [-0.05, 0) is 79.8 Å². The van der Waals surface area contributed by atoms with Gasteiger partial charge in [-0.1, -0.05) is 12.1 Å². The Hall–Kier alpha value is -3.67. The predicted octanol–water partition coefficient (Wildman–Crippen LogP) is 5.00. The molecule has 1 fully saturated rings. The van der Waals surface area contributed by atoms with Crippen LogP contribution in [0.2, 0.25) is 0 Å². The molecule has 1 aromatic carbocycles. The third-order valence-corrected chi connectivity index (χ3v) is 6.09. The number of benzene rings is 1. The standard InChI is InChI=1S/C26H26N4O2/c1-17-10-12-29-16-23(28-25(29)13-17)26(31)30-11-4-5-24(30)22-15-20(14-18(2)27-22)19-6-8-21(32-3)9-7-19/h6-10,12-16,24H,4-5,11H2,1-3H3. The first-order valence-corrected chi connectivity index (χ1v) is 10.9. The maximum atomic E-state index is 13.4. The van der Waals surface area contributed by atoms with Crippen molar-refractivity contribution in [3.8, 4) is 16.9 Å². The Labute approximate surface area is 187 Å². The molecule has 0 bridgehead atoms. The van der Waals surface area contributed by atoms with Crippen molar-refractivity contribution in [1.82, 2.24) is 19.3 Å². The van der Waals surface area contributed by atoms with Crippen molar-refractivity contribution >= 4 is 11.6 Å². The van der Waals surface area contributed by atoms with Crippen LogP contribution in [-0.2, 0) is 0 Å². The van der Waals surface area contributed by atoms with Crippen LogP contribution < -0.4 is 4.74 Å². The van der Waals surface area contributed by atoms with Crippen LogP contribution >= 0.6 is 0 Å². The highest BCUT2D eigenvalue weighted by Crippen LogP contribution is 2.34. The Kier molecular flexibility index (Phi) is 5.13. The van der Waals surface area contributed by atoms with Crippen molar-refractivity contribution in [3.05, 3.63) is 83.6 Å². The van der Waals surface area contributed by atoms with E-state index < -0.39 is 0 Å². The second-order valence-electron chi connectivity index (χ2n) is 8.40. The first-order valence-electron chi connectivity index (χ1n) is 10.9. The van der Waals surface area contributed by atoms with E-state index in [9.17, 15) is 4.79 Å². The first kappa shape index (κ1) is 20.2. The summed E-state index contributed by atoms with van der Waals surface area (Å²) in [7, 11) is 1.67. The number of amides is 1. The molecule has 0 saturated carbocycles. The minimum Gasteiger partial charge on any atom is -0.497 e. The maximum Gasteiger partial charge on any atom is 0.274 e. The molecule has 0 spiro atoms. The van der Waals surface area contributed by atoms with Crippen molar-refractivity contribution in [2.75, 3.05) is 13.7 Å². The number of ether oxygens (including phenoxy) is 1. The molecular weight excluding hydrogens is 400 g/mol. The average molecular weight is 427 g/mol. The third-order valence-electron chi connectivity index (χ3n) is 6.09. The van der Waals surface area contributed by atoms with E-state index >= 15 is 0 Å². The normalized spacial score (nSPS) is 16.0. The Morgan fingerprint density at radius 2 is 1.84 bits per heavy atom. The van der Waals surface area contributed by atoms with Gasteiger partial charge < -0.3 is 14.0 Å². The van der Waals surface area contributed by atoms with Gasteiger partial charge in [0.05, 0.1) is 18.8 Å². The lowest BCUT2D eigenvalue weighted by molar-refractivity contribution is 0.0727. The van der Waals surface area contributed by atoms with Gasteiger partial charge in [0.15, 0.2) is 0 Å². The van der Waals surface area contributed by atoms with E-state index in [4.69, 9.17) is 9.72 Å². The number of likely N-dealkylation sites (tertiary alicyclic amines) is 1. The second-order valence-corrected chi connectivity index (χ2v) is 8.40. The number of aryl methyl sites for hydroxylation is 2. The molecule has 0 N–H and O–H groups in total. The molecule has 4 heterocycles. The van der Waals surface area contributed by atoms with Crippen LogP contribution in [0.1, 0.15) is 46.3 Å². The van der Waals surface area contributed by atoms with E-state index in [1.165, 1.54) is 0 Å². The van der Waals surface area contributed by atoms with Crippen molar-refractivity contribution in [2.45, 2.75) is 32.7 Å². The summed E-state index contributed by atoms with van der Waals surface area (Å²) >= 11 is 0. The number of aromatic nitrogens is 3. The molecule has 5 rings (SSSR count). The number of carbonyl (C=O) groups excluding carboxylic acids is 1. The van der Waals surface area contributed by atoms with E-state index in [1.807, 2.05) is 71.9 Å². The monoisotopic (exact) mass is 426 g/mol. The molecule has 6 heteroatoms. The molecule has 162 valence electrons. The Morgan fingerprint density at radius 1 is 1.03 bits per heavy atom. The summed E-state index contributed by atoms with van der Waals surface area (Å²) in [4.78, 5) is 24.7. The minimum atomic E-state index is -0.0500. The topological polar surface area (TPSA) is 59.7 Å². The van der Waals surface area contributed by atoms with Crippen LogP contribution in [-0.4, -0.2) is 38.8 Å². The smallest absolute Gasteiger partial charge is 0.274 e. The summed E-state index contributed by atoms with van der Waals surface area (Å²) in [5, 5.41) is 0. The molecule has 3 aromatic heterocycles. The van der Waals surface area contributed by atoms with E-state index in [0.29, 0.717) is 12.2 Å². The van der Waals surface area contributed by atoms with Crippen molar-refractivity contribution in [1.29, 1.82) is 0 Å². The first-order chi connectivity index (χ1) is 15.5. The van der Waals surface area contributed by atoms with Gasteiger partial charge in [-0.3, -0.25) is 9.78 Å². The number of hydrogen-bond acceptors (Lipinski definition) is 4. The van der Waals surface area contributed by atoms with Gasteiger partial charge in [0, 0.05) is 24.6 Å². The van der Waals surface area contributed by atoms with E-state index in [-0.39, 0.29) is 11.9 Å². The SMILES string of the molecule is COc1ccc(-c2cc(C)nc(C3CCCN3C(=O)c3cn4ccc(C)cc4n3)c2)cc1. The zero-order valence-electron chi connectivity index (χ0n) is 18.6. The number of rotatable bonds is 4. The quantitative estimate of drug-likeness (QED) is 0.461. The maximum absolute atomic E-state index is 13.4. The van der Waals surface area contributed by atoms with Gasteiger partial charge >= 0.3 is 0 Å². The van der Waals surface area contributed by atoms with Crippen molar-refractivity contribution < 1.29 is 9.53 Å². The number of methoxy groups -OCH3 is 1. The fraction of sp³-hybridized carbons (Fsp3) is 0.269. The van der Waals surface area contributed by atoms with Crippen LogP contribution in [0.4, 0.5) is 0 Å². The molecule has 0 aliphatic carbocycles. The fourth-order valence-electron chi connectivity index (χ4n) is 4.47. The lowest BCUT2D eigenvalue weighted by Gasteiger charge is -2.24. The van der Waals surface area contributed by atoms with Crippen LogP contribution in [0.3, 0.4) is 0 Å². The van der Waals surface area contributed by atoms with Gasteiger partial charge in [-0.2, -0.15) is 0 Å². The molecular formula is C26H26N4O2. The molecule has 1 atom stereocenters. The molecule has 1 aliphatic rings. The minimum absolute atomic E-state index is 0.0387. The van der Waals surface area contributed by atoms with Gasteiger partial charge in [-0.25, -0.2) is 4.98 Å². The molecule has 4 aromatic rings. The Balaban J connectivity index is 1.46. The number of nitrogens with zero attached hydrogens (tertiary/aromatic N) is 4. The van der Waals surface area contributed by atoms with Gasteiger partial charge in [0.2, 0.25) is 0 Å². The highest BCUT2D eigenvalue weighted by molar-refractivity contribution is 5.93. The molecule has 1 saturated heterocycles. The van der Waals surface area contributed by atoms with Crippen molar-refractivity contribution in [2.24, 2.45) is 0 Å². The number of hydrogen-bond donors (Lipinski definition) is 0. The highest BCUT2D eigenvalue weighted by atomic mass is 16.5. The Morgan fingerprint density at radius 3 is 2.62 bits per heavy atom. The average Bonchev–Trinajstić information content (AvgIpc) is 3.45. The molecule has 1 aliphatic heterocycles. The predicted molar refractivity (Wildman–Crippen MR) is 124 cm³/mol. The van der Waals surface area contributed by atoms with Crippen LogP contribution in [0.25, 0.3) is 16.8 Å². The largest absolute Gasteiger partial charge is 0.497 e. The molecule has 32 heavy (non-hydrogen) atoms. The van der Waals surface area contributed by atoms with E-state index in [2.05, 4.69) is 17.1 Å². The number of fused-ring (bicyclic) bond motifs is 1. The summed E-state index contributed by atoms with van der Waals surface area (Å²) in [6.45, 7) is 4.74. The lowest BCUT2D eigenvalue weighted by atomic mass is 10.0. The molecule has 1 amide bonds. The molecule has 0 radical (unpaired) electrons. The molecule has 1 unspecified atom stereocenters. The number of imidazole rings is 1. The highest BCUT2D eigenvalue weighted by Gasteiger charge is 2.33. The summed E-state index contributed by atoms with van der Waals surface area (Å²) in [5.41, 5.74) is 6.46. The zero-order chi connectivity index (χ0) is 22.2. The van der Waals surface area contributed by atoms with E-state index in [1.54, 1.807) is 7.11 Å². The summed E-state index contributed by atoms with van der Waals surface area (Å²) < 4.78 is 7.18. The summed E-state index contributed by atoms with van der Waals surface area (Å²) in [5.74, 6) is 0.790. The zero-order valence-corrected chi connectivity index (χ0v) is 18.6. The van der Waals surface area contributed by atoms with Crippen LogP contribution in [0, 0.1) is 13.8 Å². The van der Waals surface area contributed by atoms with Gasteiger partial charge in [0.25, 0.3) is 5.91 Å². The van der Waals surface area contributed by atoms with Crippen molar-refractivity contribution in [3.63, 3.8) is 0 Å². The van der Waals surface area contributed by atoms with Gasteiger partial charge in [-0.15, -0.1) is 0 Å². The van der Waals surface area contributed by atoms with Crippen LogP contribution in [0.5, 0.6) is 5.75 Å².